The number of aromatic nitrogens is 5. The van der Waals surface area contributed by atoms with Gasteiger partial charge in [0.05, 0.1) is 80.0 Å². The van der Waals surface area contributed by atoms with Crippen LogP contribution in [-0.4, -0.2) is 161 Å². The predicted octanol–water partition coefficient (Wildman–Crippen LogP) is 7.74. The van der Waals surface area contributed by atoms with Crippen molar-refractivity contribution < 1.29 is 45.3 Å². The summed E-state index contributed by atoms with van der Waals surface area (Å²) in [5, 5.41) is 14.7. The Bertz CT molecular complexity index is 3470. The van der Waals surface area contributed by atoms with Gasteiger partial charge in [0.15, 0.2) is 17.5 Å². The van der Waals surface area contributed by atoms with Gasteiger partial charge in [-0.2, -0.15) is 8.42 Å². The summed E-state index contributed by atoms with van der Waals surface area (Å²) in [6.45, 7) is 8.26. The van der Waals surface area contributed by atoms with Crippen LogP contribution in [0.15, 0.2) is 103 Å². The van der Waals surface area contributed by atoms with Gasteiger partial charge in [-0.25, -0.2) is 23.1 Å². The Kier molecular flexibility index (Phi) is 22.3. The first-order chi connectivity index (χ1) is 41.6. The molecule has 13 rings (SSSR count). The number of carboxylic acids is 1. The third kappa shape index (κ3) is 16.2. The van der Waals surface area contributed by atoms with Crippen molar-refractivity contribution in [3.8, 4) is 0 Å². The number of carbonyl (C=O) groups is 3. The Morgan fingerprint density at radius 3 is 1.50 bits per heavy atom. The first-order valence-electron chi connectivity index (χ1n) is 29.1. The van der Waals surface area contributed by atoms with Crippen molar-refractivity contribution in [1.82, 2.24) is 45.4 Å². The first-order valence-corrected chi connectivity index (χ1v) is 32.7. The molecule has 6 saturated heterocycles. The number of anilines is 3. The second kappa shape index (κ2) is 30.1. The summed E-state index contributed by atoms with van der Waals surface area (Å²) in [7, 11) is -3.39. The molecular formula is C60H74F3N13O7S3. The number of likely N-dealkylation sites (tertiary alicyclic amines) is 2. The topological polar surface area (TPSA) is 246 Å². The molecule has 6 unspecified atom stereocenters. The van der Waals surface area contributed by atoms with E-state index >= 15 is 0 Å². The van der Waals surface area contributed by atoms with E-state index in [2.05, 4.69) is 56.3 Å². The summed E-state index contributed by atoms with van der Waals surface area (Å²) >= 11 is 3.12. The lowest BCUT2D eigenvalue weighted by Crippen LogP contribution is -2.56. The van der Waals surface area contributed by atoms with E-state index in [1.807, 2.05) is 52.6 Å². The fraction of sp³-hybridized carbons (Fsp3) is 0.467. The van der Waals surface area contributed by atoms with Crippen molar-refractivity contribution in [2.75, 3.05) is 73.3 Å². The SMILES string of the molecule is CCCC(=O)O.CS(=O)(=O)OCc1cccc2ncsc12.Fc1cnccc1N1C2CCC1CNC2.NCCC(=O)N1CC2CCC(C1)N2c1ccncc1F.O=C(CCNCc1cccc2ncsc12)N1CC2CCC(C1)N2c1ccncc1F. The number of benzene rings is 2. The number of hydrogen-bond acceptors (Lipinski definition) is 19. The fourth-order valence-corrected chi connectivity index (χ4v) is 14.2. The van der Waals surface area contributed by atoms with Gasteiger partial charge < -0.3 is 46.0 Å². The maximum Gasteiger partial charge on any atom is 0.303 e. The average molecular weight is 1240 g/mol. The quantitative estimate of drug-likeness (QED) is 0.0566. The summed E-state index contributed by atoms with van der Waals surface area (Å²) in [5.74, 6) is -1.20. The molecule has 0 radical (unpaired) electrons. The van der Waals surface area contributed by atoms with Crippen LogP contribution in [0.1, 0.15) is 82.3 Å². The number of pyridine rings is 3. The zero-order valence-electron chi connectivity index (χ0n) is 48.2. The maximum absolute atomic E-state index is 14.2. The van der Waals surface area contributed by atoms with Gasteiger partial charge in [0.25, 0.3) is 10.1 Å². The smallest absolute Gasteiger partial charge is 0.303 e. The van der Waals surface area contributed by atoms with Crippen LogP contribution < -0.4 is 31.1 Å². The van der Waals surface area contributed by atoms with E-state index in [0.717, 1.165) is 85.0 Å². The fourth-order valence-electron chi connectivity index (χ4n) is 12.3. The van der Waals surface area contributed by atoms with Gasteiger partial charge in [-0.1, -0.05) is 31.2 Å². The summed E-state index contributed by atoms with van der Waals surface area (Å²) in [4.78, 5) is 64.6. The minimum absolute atomic E-state index is 0.0678. The van der Waals surface area contributed by atoms with Gasteiger partial charge in [0.1, 0.15) is 0 Å². The van der Waals surface area contributed by atoms with E-state index in [1.165, 1.54) is 53.0 Å². The standard InChI is InChI=1S/C22H24FN5OS.C14H19FN4O.C11H14FN3.C9H9NO3S2.C4H8O2/c23-18-11-25-8-6-20(18)28-16-4-5-17(28)13-27(12-16)21(29)7-9-24-10-15-2-1-3-19-22(15)30-14-26-19;15-12-7-17-6-4-13(12)19-10-1-2-11(19)9-18(8-10)14(20)3-5-16;12-10-7-13-4-3-11(10)15-8-1-2-9(15)6-14-5-8;1-15(11,12)13-5-7-3-2-4-8-9(7)14-6-10-8;1-2-3-4(5)6/h1-3,6,8,11,14,16-17,24H,4-5,7,9-10,12-13H2;4,6-7,10-11H,1-3,5,8-9,16H2;3-4,7-9,14H,1-2,5-6H2;2-4,6H,5H2,1H3;2-3H2,1H3,(H,5,6). The molecule has 6 atom stereocenters. The number of thiazole rings is 2. The molecule has 2 aromatic carbocycles. The Labute approximate surface area is 507 Å². The molecule has 6 aliphatic rings. The van der Waals surface area contributed by atoms with E-state index in [9.17, 15) is 36.0 Å². The number of amides is 2. The number of halogens is 3. The third-order valence-corrected chi connectivity index (χ3v) is 18.5. The molecule has 6 fully saturated rings. The minimum Gasteiger partial charge on any atom is -0.481 e. The number of rotatable bonds is 15. The number of aliphatic carboxylic acids is 1. The molecule has 20 nitrogen and oxygen atoms in total. The maximum atomic E-state index is 14.2. The monoisotopic (exact) mass is 1240 g/mol. The van der Waals surface area contributed by atoms with E-state index in [4.69, 9.17) is 15.0 Å². The summed E-state index contributed by atoms with van der Waals surface area (Å²) < 4.78 is 70.4. The van der Waals surface area contributed by atoms with Crippen molar-refractivity contribution in [3.05, 3.63) is 131 Å². The van der Waals surface area contributed by atoms with Gasteiger partial charge in [0.2, 0.25) is 11.8 Å². The Hall–Kier alpha value is -6.94. The van der Waals surface area contributed by atoms with Crippen molar-refractivity contribution in [3.63, 3.8) is 0 Å². The lowest BCUT2D eigenvalue weighted by Gasteiger charge is -2.42. The van der Waals surface area contributed by atoms with E-state index in [0.29, 0.717) is 82.0 Å². The van der Waals surface area contributed by atoms with Crippen LogP contribution in [0.2, 0.25) is 0 Å². The predicted molar refractivity (Wildman–Crippen MR) is 328 cm³/mol. The molecule has 2 amide bonds. The number of carboxylic acid groups (broad SMARTS) is 1. The number of nitrogens with two attached hydrogens (primary N) is 1. The van der Waals surface area contributed by atoms with Crippen LogP contribution in [0.5, 0.6) is 0 Å². The van der Waals surface area contributed by atoms with Crippen molar-refractivity contribution in [2.45, 2.75) is 121 Å². The molecule has 6 aliphatic heterocycles. The summed E-state index contributed by atoms with van der Waals surface area (Å²) in [5.41, 5.74) is 14.9. The van der Waals surface area contributed by atoms with Gasteiger partial charge in [-0.05, 0) is 86.4 Å². The largest absolute Gasteiger partial charge is 0.481 e. The molecule has 86 heavy (non-hydrogen) atoms. The van der Waals surface area contributed by atoms with Crippen molar-refractivity contribution in [1.29, 1.82) is 0 Å². The van der Waals surface area contributed by atoms with E-state index in [-0.39, 0.29) is 60.0 Å². The average Bonchev–Trinajstić information content (AvgIpc) is 4.50. The van der Waals surface area contributed by atoms with Crippen molar-refractivity contribution >= 4 is 88.1 Å². The number of nitrogens with one attached hydrogen (secondary N) is 2. The highest BCUT2D eigenvalue weighted by Crippen LogP contribution is 2.38. The molecule has 7 aromatic rings. The number of fused-ring (bicyclic) bond motifs is 8. The second-order valence-electron chi connectivity index (χ2n) is 21.9. The highest BCUT2D eigenvalue weighted by atomic mass is 32.2. The normalized spacial score (nSPS) is 20.9. The Balaban J connectivity index is 0.000000138. The molecule has 0 saturated carbocycles. The second-order valence-corrected chi connectivity index (χ2v) is 25.3. The molecule has 5 aromatic heterocycles. The van der Waals surface area contributed by atoms with Crippen LogP contribution in [0.4, 0.5) is 30.2 Å². The lowest BCUT2D eigenvalue weighted by molar-refractivity contribution is -0.137. The van der Waals surface area contributed by atoms with E-state index < -0.39 is 16.1 Å². The minimum atomic E-state index is -3.39. The van der Waals surface area contributed by atoms with Crippen molar-refractivity contribution in [2.24, 2.45) is 5.73 Å². The molecule has 5 N–H and O–H groups in total. The van der Waals surface area contributed by atoms with E-state index in [1.54, 1.807) is 53.6 Å². The number of nitrogens with zero attached hydrogens (tertiary/aromatic N) is 10. The lowest BCUT2D eigenvalue weighted by atomic mass is 10.1. The summed E-state index contributed by atoms with van der Waals surface area (Å²) in [6, 6.07) is 18.6. The zero-order chi connectivity index (χ0) is 60.7. The van der Waals surface area contributed by atoms with Crippen LogP contribution in [0.25, 0.3) is 20.4 Å². The third-order valence-electron chi connectivity index (χ3n) is 16.1. The molecule has 0 aliphatic carbocycles. The number of piperazine rings is 3. The van der Waals surface area contributed by atoms with Gasteiger partial charge in [-0.15, -0.1) is 22.7 Å². The highest BCUT2D eigenvalue weighted by Gasteiger charge is 2.44. The molecular weight excluding hydrogens is 1170 g/mol. The van der Waals surface area contributed by atoms with Gasteiger partial charge in [0, 0.05) is 133 Å². The Morgan fingerprint density at radius 2 is 1.08 bits per heavy atom. The molecule has 26 heteroatoms. The van der Waals surface area contributed by atoms with Gasteiger partial charge >= 0.3 is 5.97 Å². The van der Waals surface area contributed by atoms with Crippen LogP contribution in [0, 0.1) is 17.5 Å². The summed E-state index contributed by atoms with van der Waals surface area (Å²) in [6.07, 6.45) is 18.0. The van der Waals surface area contributed by atoms with Crippen LogP contribution >= 0.6 is 22.7 Å². The zero-order valence-corrected chi connectivity index (χ0v) is 50.7. The molecule has 11 heterocycles. The number of carbonyl (C=O) groups excluding carboxylic acids is 2. The number of hydrogen-bond donors (Lipinski definition) is 4. The van der Waals surface area contributed by atoms with Gasteiger partial charge in [-0.3, -0.25) is 33.5 Å². The van der Waals surface area contributed by atoms with Crippen LogP contribution in [0.3, 0.4) is 0 Å². The molecule has 6 bridgehead atoms. The van der Waals surface area contributed by atoms with Crippen LogP contribution in [-0.2, 0) is 41.8 Å². The first kappa shape index (κ1) is 63.6. The highest BCUT2D eigenvalue weighted by molar-refractivity contribution is 7.85. The molecule has 460 valence electrons. The Morgan fingerprint density at radius 1 is 0.651 bits per heavy atom. The molecule has 0 spiro atoms.